The van der Waals surface area contributed by atoms with Crippen LogP contribution in [0, 0.1) is 5.92 Å². The van der Waals surface area contributed by atoms with Crippen molar-refractivity contribution >= 4 is 23.2 Å². The molecule has 2 nitrogen and oxygen atoms in total. The number of carbonyl (C=O) groups is 2. The normalized spacial score (nSPS) is 15.5. The lowest BCUT2D eigenvalue weighted by atomic mass is 10.1. The van der Waals surface area contributed by atoms with Gasteiger partial charge in [0.25, 0.3) is 0 Å². The highest BCUT2D eigenvalue weighted by Gasteiger charge is 2.16. The molecule has 3 heteroatoms. The second kappa shape index (κ2) is 5.35. The van der Waals surface area contributed by atoms with Gasteiger partial charge in [0.05, 0.1) is 5.25 Å². The first kappa shape index (κ1) is 10.7. The van der Waals surface area contributed by atoms with Crippen LogP contribution in [0.25, 0.3) is 0 Å². The molecule has 0 radical (unpaired) electrons. The van der Waals surface area contributed by atoms with E-state index in [0.717, 1.165) is 24.5 Å². The highest BCUT2D eigenvalue weighted by Crippen LogP contribution is 2.20. The van der Waals surface area contributed by atoms with Gasteiger partial charge in [0.2, 0.25) is 0 Å². The fraction of sp³-hybridized carbons (Fsp3) is 0.750. The summed E-state index contributed by atoms with van der Waals surface area (Å²) in [5.74, 6) is 0.293. The van der Waals surface area contributed by atoms with Crippen molar-refractivity contribution in [1.82, 2.24) is 0 Å². The summed E-state index contributed by atoms with van der Waals surface area (Å²) in [5.41, 5.74) is 0. The van der Waals surface area contributed by atoms with Crippen molar-refractivity contribution in [2.24, 2.45) is 5.92 Å². The fourth-order valence-corrected chi connectivity index (χ4v) is 1.57. The average Bonchev–Trinajstić information content (AvgIpc) is 1.98. The van der Waals surface area contributed by atoms with E-state index >= 15 is 0 Å². The Balaban J connectivity index is 3.94. The largest absolute Gasteiger partial charge is 0.302 e. The van der Waals surface area contributed by atoms with E-state index in [-0.39, 0.29) is 10.4 Å². The van der Waals surface area contributed by atoms with Crippen LogP contribution in [0.15, 0.2) is 0 Å². The van der Waals surface area contributed by atoms with E-state index in [1.807, 2.05) is 13.8 Å². The minimum Gasteiger partial charge on any atom is -0.302 e. The molecule has 0 saturated carbocycles. The molecule has 1 unspecified atom stereocenters. The van der Waals surface area contributed by atoms with E-state index in [4.69, 9.17) is 0 Å². The minimum absolute atomic E-state index is 0.0161. The number of hydrogen-bond acceptors (Lipinski definition) is 3. The maximum absolute atomic E-state index is 10.6. The van der Waals surface area contributed by atoms with Crippen LogP contribution < -0.4 is 0 Å². The molecule has 0 bridgehead atoms. The van der Waals surface area contributed by atoms with E-state index in [1.165, 1.54) is 6.92 Å². The Kier molecular flexibility index (Phi) is 5.20. The molecule has 2 atom stereocenters. The lowest BCUT2D eigenvalue weighted by Gasteiger charge is -2.13. The van der Waals surface area contributed by atoms with Crippen LogP contribution in [-0.2, 0) is 9.59 Å². The summed E-state index contributed by atoms with van der Waals surface area (Å²) < 4.78 is 0. The SMILES string of the molecule is CC[C@H](C)C(C=O)SC(C)=O. The smallest absolute Gasteiger partial charge is 0.186 e. The Labute approximate surface area is 71.7 Å². The summed E-state index contributed by atoms with van der Waals surface area (Å²) >= 11 is 1.13. The molecular weight excluding hydrogens is 160 g/mol. The lowest BCUT2D eigenvalue weighted by Crippen LogP contribution is -2.16. The van der Waals surface area contributed by atoms with E-state index in [0.29, 0.717) is 5.92 Å². The van der Waals surface area contributed by atoms with Crippen LogP contribution in [0.2, 0.25) is 0 Å². The van der Waals surface area contributed by atoms with Gasteiger partial charge in [-0.3, -0.25) is 4.79 Å². The van der Waals surface area contributed by atoms with Gasteiger partial charge in [-0.1, -0.05) is 32.0 Å². The van der Waals surface area contributed by atoms with E-state index in [2.05, 4.69) is 0 Å². The van der Waals surface area contributed by atoms with E-state index in [9.17, 15) is 9.59 Å². The van der Waals surface area contributed by atoms with Gasteiger partial charge >= 0.3 is 0 Å². The molecule has 64 valence electrons. The molecule has 0 rings (SSSR count). The molecule has 0 aliphatic rings. The van der Waals surface area contributed by atoms with Gasteiger partial charge in [-0.05, 0) is 5.92 Å². The number of rotatable bonds is 4. The van der Waals surface area contributed by atoms with Gasteiger partial charge in [-0.25, -0.2) is 0 Å². The molecule has 0 fully saturated rings. The van der Waals surface area contributed by atoms with E-state index < -0.39 is 0 Å². The third-order valence-corrected chi connectivity index (χ3v) is 2.82. The van der Waals surface area contributed by atoms with Crippen molar-refractivity contribution in [2.75, 3.05) is 0 Å². The third kappa shape index (κ3) is 4.19. The predicted molar refractivity (Wildman–Crippen MR) is 47.6 cm³/mol. The fourth-order valence-electron chi connectivity index (χ4n) is 0.702. The van der Waals surface area contributed by atoms with Gasteiger partial charge < -0.3 is 4.79 Å². The van der Waals surface area contributed by atoms with Crippen LogP contribution in [0.5, 0.6) is 0 Å². The molecule has 0 aromatic rings. The van der Waals surface area contributed by atoms with Crippen LogP contribution in [-0.4, -0.2) is 16.7 Å². The van der Waals surface area contributed by atoms with Crippen molar-refractivity contribution in [2.45, 2.75) is 32.4 Å². The highest BCUT2D eigenvalue weighted by atomic mass is 32.2. The van der Waals surface area contributed by atoms with Crippen molar-refractivity contribution in [3.63, 3.8) is 0 Å². The van der Waals surface area contributed by atoms with Crippen LogP contribution in [0.1, 0.15) is 27.2 Å². The van der Waals surface area contributed by atoms with Gasteiger partial charge in [-0.15, -0.1) is 0 Å². The van der Waals surface area contributed by atoms with Crippen molar-refractivity contribution < 1.29 is 9.59 Å². The van der Waals surface area contributed by atoms with Gasteiger partial charge in [0.1, 0.15) is 6.29 Å². The van der Waals surface area contributed by atoms with Crippen molar-refractivity contribution in [3.05, 3.63) is 0 Å². The third-order valence-electron chi connectivity index (χ3n) is 1.64. The Hall–Kier alpha value is -0.310. The monoisotopic (exact) mass is 174 g/mol. The summed E-state index contributed by atoms with van der Waals surface area (Å²) in [6, 6.07) is 0. The maximum Gasteiger partial charge on any atom is 0.186 e. The minimum atomic E-state index is -0.155. The number of aldehydes is 1. The molecule has 0 aliphatic heterocycles. The Morgan fingerprint density at radius 1 is 1.64 bits per heavy atom. The second-order valence-corrected chi connectivity index (χ2v) is 3.95. The first-order valence-electron chi connectivity index (χ1n) is 3.74. The Bertz CT molecular complexity index is 145. The quantitative estimate of drug-likeness (QED) is 0.610. The average molecular weight is 174 g/mol. The highest BCUT2D eigenvalue weighted by molar-refractivity contribution is 8.14. The molecule has 0 saturated heterocycles. The Morgan fingerprint density at radius 2 is 2.18 bits per heavy atom. The topological polar surface area (TPSA) is 34.1 Å². The number of hydrogen-bond donors (Lipinski definition) is 0. The molecule has 0 N–H and O–H groups in total. The first-order valence-corrected chi connectivity index (χ1v) is 4.62. The zero-order chi connectivity index (χ0) is 8.85. The number of carbonyl (C=O) groups excluding carboxylic acids is 2. The summed E-state index contributed by atoms with van der Waals surface area (Å²) in [4.78, 5) is 21.1. The van der Waals surface area contributed by atoms with Gasteiger partial charge in [0, 0.05) is 6.92 Å². The van der Waals surface area contributed by atoms with Gasteiger partial charge in [-0.2, -0.15) is 0 Å². The molecular formula is C8H14O2S. The van der Waals surface area contributed by atoms with Gasteiger partial charge in [0.15, 0.2) is 5.12 Å². The molecule has 0 spiro atoms. The summed E-state index contributed by atoms with van der Waals surface area (Å²) in [7, 11) is 0. The standard InChI is InChI=1S/C8H14O2S/c1-4-6(2)8(5-9)11-7(3)10/h5-6,8H,4H2,1-3H3/t6-,8?/m0/s1. The summed E-state index contributed by atoms with van der Waals surface area (Å²) in [5, 5.41) is -0.139. The Morgan fingerprint density at radius 3 is 2.45 bits per heavy atom. The molecule has 11 heavy (non-hydrogen) atoms. The van der Waals surface area contributed by atoms with Crippen LogP contribution in [0.4, 0.5) is 0 Å². The summed E-state index contributed by atoms with van der Waals surface area (Å²) in [6.45, 7) is 5.49. The zero-order valence-corrected chi connectivity index (χ0v) is 7.98. The lowest BCUT2D eigenvalue weighted by molar-refractivity contribution is -0.110. The molecule has 0 aromatic carbocycles. The van der Waals surface area contributed by atoms with Crippen molar-refractivity contribution in [3.8, 4) is 0 Å². The summed E-state index contributed by atoms with van der Waals surface area (Å²) in [6.07, 6.45) is 1.80. The molecule has 0 heterocycles. The second-order valence-electron chi connectivity index (χ2n) is 2.60. The predicted octanol–water partition coefficient (Wildman–Crippen LogP) is 1.88. The number of thioether (sulfide) groups is 1. The van der Waals surface area contributed by atoms with E-state index in [1.54, 1.807) is 0 Å². The molecule has 0 aromatic heterocycles. The van der Waals surface area contributed by atoms with Crippen LogP contribution in [0.3, 0.4) is 0 Å². The van der Waals surface area contributed by atoms with Crippen LogP contribution >= 0.6 is 11.8 Å². The first-order chi connectivity index (χ1) is 5.11. The zero-order valence-electron chi connectivity index (χ0n) is 7.16. The molecule has 0 aliphatic carbocycles. The van der Waals surface area contributed by atoms with Crippen molar-refractivity contribution in [1.29, 1.82) is 0 Å². The maximum atomic E-state index is 10.6. The molecule has 0 amide bonds.